The third-order valence-corrected chi connectivity index (χ3v) is 2.53. The third-order valence-electron chi connectivity index (χ3n) is 2.53. The molecule has 0 aromatic carbocycles. The molecule has 0 radical (unpaired) electrons. The van der Waals surface area contributed by atoms with Crippen molar-refractivity contribution in [3.05, 3.63) is 0 Å². The summed E-state index contributed by atoms with van der Waals surface area (Å²) >= 11 is 0. The van der Waals surface area contributed by atoms with E-state index < -0.39 is 0 Å². The lowest BCUT2D eigenvalue weighted by molar-refractivity contribution is -0.910. The molecular weight excluding hydrogens is 182 g/mol. The van der Waals surface area contributed by atoms with Gasteiger partial charge in [0.25, 0.3) is 0 Å². The van der Waals surface area contributed by atoms with Crippen LogP contribution in [0.1, 0.15) is 13.3 Å². The summed E-state index contributed by atoms with van der Waals surface area (Å²) in [5.74, 6) is -0.0868. The number of ether oxygens (including phenoxy) is 2. The Bertz CT molecular complexity index is 188. The van der Waals surface area contributed by atoms with Crippen molar-refractivity contribution in [1.29, 1.82) is 0 Å². The Kier molecular flexibility index (Phi) is 4.35. The first-order valence-corrected chi connectivity index (χ1v) is 5.23. The van der Waals surface area contributed by atoms with Crippen molar-refractivity contribution in [2.45, 2.75) is 13.3 Å². The maximum Gasteiger partial charge on any atom is 0.361 e. The highest BCUT2D eigenvalue weighted by molar-refractivity contribution is 5.70. The molecule has 0 bridgehead atoms. The molecule has 0 unspecified atom stereocenters. The van der Waals surface area contributed by atoms with Crippen molar-refractivity contribution in [2.75, 3.05) is 46.5 Å². The molecular formula is C10H20NO3+. The smallest absolute Gasteiger partial charge is 0.361 e. The highest BCUT2D eigenvalue weighted by atomic mass is 16.5. The Labute approximate surface area is 85.4 Å². The minimum Gasteiger partial charge on any atom is -0.462 e. The number of carbonyl (C=O) groups excluding carboxylic acids is 1. The van der Waals surface area contributed by atoms with E-state index in [0.717, 1.165) is 37.2 Å². The van der Waals surface area contributed by atoms with Gasteiger partial charge in [-0.1, -0.05) is 6.92 Å². The molecule has 4 nitrogen and oxygen atoms in total. The van der Waals surface area contributed by atoms with E-state index >= 15 is 0 Å². The van der Waals surface area contributed by atoms with Gasteiger partial charge in [0.1, 0.15) is 13.1 Å². The largest absolute Gasteiger partial charge is 0.462 e. The molecule has 1 saturated heterocycles. The van der Waals surface area contributed by atoms with Gasteiger partial charge in [0, 0.05) is 0 Å². The topological polar surface area (TPSA) is 35.5 Å². The van der Waals surface area contributed by atoms with Gasteiger partial charge in [0.05, 0.1) is 26.9 Å². The van der Waals surface area contributed by atoms with Gasteiger partial charge in [-0.25, -0.2) is 4.79 Å². The van der Waals surface area contributed by atoms with E-state index in [9.17, 15) is 4.79 Å². The normalized spacial score (nSPS) is 20.4. The van der Waals surface area contributed by atoms with Gasteiger partial charge in [0.15, 0.2) is 6.54 Å². The maximum absolute atomic E-state index is 11.4. The molecule has 1 fully saturated rings. The monoisotopic (exact) mass is 202 g/mol. The molecule has 0 aliphatic carbocycles. The average molecular weight is 202 g/mol. The first-order valence-electron chi connectivity index (χ1n) is 5.23. The molecule has 1 heterocycles. The van der Waals surface area contributed by atoms with E-state index in [1.165, 1.54) is 0 Å². The molecule has 1 rings (SSSR count). The number of quaternary nitrogens is 1. The summed E-state index contributed by atoms with van der Waals surface area (Å²) < 4.78 is 11.1. The molecule has 4 heteroatoms. The number of hydrogen-bond acceptors (Lipinski definition) is 3. The van der Waals surface area contributed by atoms with E-state index in [0.29, 0.717) is 13.2 Å². The highest BCUT2D eigenvalue weighted by Gasteiger charge is 2.28. The summed E-state index contributed by atoms with van der Waals surface area (Å²) in [7, 11) is 2.08. The van der Waals surface area contributed by atoms with Crippen LogP contribution in [-0.4, -0.2) is 57.0 Å². The molecule has 82 valence electrons. The molecule has 0 saturated carbocycles. The van der Waals surface area contributed by atoms with Crippen molar-refractivity contribution in [3.8, 4) is 0 Å². The van der Waals surface area contributed by atoms with Crippen LogP contribution >= 0.6 is 0 Å². The second-order valence-corrected chi connectivity index (χ2v) is 4.06. The lowest BCUT2D eigenvalue weighted by atomic mass is 10.3. The van der Waals surface area contributed by atoms with E-state index in [1.54, 1.807) is 0 Å². The molecule has 1 aliphatic rings. The summed E-state index contributed by atoms with van der Waals surface area (Å²) in [5.41, 5.74) is 0. The highest BCUT2D eigenvalue weighted by Crippen LogP contribution is 2.07. The first kappa shape index (κ1) is 11.5. The number of rotatable bonds is 4. The van der Waals surface area contributed by atoms with Crippen LogP contribution in [0.2, 0.25) is 0 Å². The lowest BCUT2D eigenvalue weighted by Gasteiger charge is -2.36. The molecule has 0 amide bonds. The number of nitrogens with zero attached hydrogens (tertiary/aromatic N) is 1. The number of hydrogen-bond donors (Lipinski definition) is 0. The second-order valence-electron chi connectivity index (χ2n) is 4.06. The molecule has 14 heavy (non-hydrogen) atoms. The number of esters is 1. The van der Waals surface area contributed by atoms with Crippen LogP contribution in [0.4, 0.5) is 0 Å². The van der Waals surface area contributed by atoms with Gasteiger partial charge < -0.3 is 14.0 Å². The summed E-state index contributed by atoms with van der Waals surface area (Å²) in [5, 5.41) is 0. The minimum absolute atomic E-state index is 0.0868. The standard InChI is InChI=1S/C10H20NO3/c1-3-6-14-10(12)9-11(2)4-7-13-8-5-11/h3-9H2,1-2H3/q+1. The van der Waals surface area contributed by atoms with Crippen LogP contribution in [0.25, 0.3) is 0 Å². The fourth-order valence-corrected chi connectivity index (χ4v) is 1.52. The number of morpholine rings is 1. The lowest BCUT2D eigenvalue weighted by Crippen LogP contribution is -2.54. The van der Waals surface area contributed by atoms with Gasteiger partial charge in [-0.3, -0.25) is 0 Å². The zero-order chi connectivity index (χ0) is 10.4. The van der Waals surface area contributed by atoms with Gasteiger partial charge in [0.2, 0.25) is 0 Å². The summed E-state index contributed by atoms with van der Waals surface area (Å²) in [4.78, 5) is 11.4. The summed E-state index contributed by atoms with van der Waals surface area (Å²) in [6.45, 7) is 6.31. The van der Waals surface area contributed by atoms with E-state index in [1.807, 2.05) is 6.92 Å². The predicted octanol–water partition coefficient (Wildman–Crippen LogP) is 0.416. The van der Waals surface area contributed by atoms with Gasteiger partial charge in [-0.05, 0) is 6.42 Å². The Morgan fingerprint density at radius 3 is 2.64 bits per heavy atom. The maximum atomic E-state index is 11.4. The zero-order valence-electron chi connectivity index (χ0n) is 9.12. The minimum atomic E-state index is -0.0868. The number of likely N-dealkylation sites (N-methyl/N-ethyl adjacent to an activating group) is 1. The molecule has 1 aliphatic heterocycles. The van der Waals surface area contributed by atoms with Gasteiger partial charge in [-0.15, -0.1) is 0 Å². The Morgan fingerprint density at radius 1 is 1.43 bits per heavy atom. The van der Waals surface area contributed by atoms with Crippen molar-refractivity contribution in [3.63, 3.8) is 0 Å². The fraction of sp³-hybridized carbons (Fsp3) is 0.900. The fourth-order valence-electron chi connectivity index (χ4n) is 1.52. The first-order chi connectivity index (χ1) is 6.66. The quantitative estimate of drug-likeness (QED) is 0.489. The number of carbonyl (C=O) groups is 1. The van der Waals surface area contributed by atoms with Crippen LogP contribution in [-0.2, 0) is 14.3 Å². The summed E-state index contributed by atoms with van der Waals surface area (Å²) in [6.07, 6.45) is 0.887. The van der Waals surface area contributed by atoms with Gasteiger partial charge in [-0.2, -0.15) is 0 Å². The Balaban J connectivity index is 2.29. The Hall–Kier alpha value is -0.610. The van der Waals surface area contributed by atoms with Crippen LogP contribution in [0.15, 0.2) is 0 Å². The predicted molar refractivity (Wildman–Crippen MR) is 52.9 cm³/mol. The van der Waals surface area contributed by atoms with Crippen molar-refractivity contribution < 1.29 is 18.8 Å². The van der Waals surface area contributed by atoms with Gasteiger partial charge >= 0.3 is 5.97 Å². The second kappa shape index (κ2) is 5.32. The molecule has 0 atom stereocenters. The Morgan fingerprint density at radius 2 is 2.07 bits per heavy atom. The third kappa shape index (κ3) is 3.64. The van der Waals surface area contributed by atoms with Crippen molar-refractivity contribution >= 4 is 5.97 Å². The van der Waals surface area contributed by atoms with E-state index in [4.69, 9.17) is 9.47 Å². The van der Waals surface area contributed by atoms with Crippen molar-refractivity contribution in [1.82, 2.24) is 0 Å². The van der Waals surface area contributed by atoms with E-state index in [-0.39, 0.29) is 5.97 Å². The SMILES string of the molecule is CCCOC(=O)C[N+]1(C)CCOCC1. The van der Waals surface area contributed by atoms with Crippen LogP contribution in [0.3, 0.4) is 0 Å². The molecule has 0 N–H and O–H groups in total. The summed E-state index contributed by atoms with van der Waals surface area (Å²) in [6, 6.07) is 0. The molecule has 0 spiro atoms. The average Bonchev–Trinajstić information content (AvgIpc) is 2.15. The molecule has 0 aromatic rings. The van der Waals surface area contributed by atoms with E-state index in [2.05, 4.69) is 7.05 Å². The zero-order valence-corrected chi connectivity index (χ0v) is 9.12. The van der Waals surface area contributed by atoms with Crippen LogP contribution < -0.4 is 0 Å². The molecule has 0 aromatic heterocycles. The van der Waals surface area contributed by atoms with Crippen molar-refractivity contribution in [2.24, 2.45) is 0 Å². The van der Waals surface area contributed by atoms with Crippen LogP contribution in [0, 0.1) is 0 Å². The van der Waals surface area contributed by atoms with Crippen LogP contribution in [0.5, 0.6) is 0 Å².